The Kier molecular flexibility index (Phi) is 18.3. The molecular formula is C56H54O8. The summed E-state index contributed by atoms with van der Waals surface area (Å²) >= 11 is 0. The van der Waals surface area contributed by atoms with Crippen LogP contribution in [0.15, 0.2) is 163 Å². The molecule has 64 heavy (non-hydrogen) atoms. The van der Waals surface area contributed by atoms with Crippen LogP contribution < -0.4 is 0 Å². The first-order chi connectivity index (χ1) is 30.6. The summed E-state index contributed by atoms with van der Waals surface area (Å²) in [5.41, 5.74) is 2.77. The summed E-state index contributed by atoms with van der Waals surface area (Å²) in [6.45, 7) is 35.9. The van der Waals surface area contributed by atoms with Gasteiger partial charge in [-0.1, -0.05) is 167 Å². The van der Waals surface area contributed by atoms with Crippen molar-refractivity contribution in [3.05, 3.63) is 196 Å². The van der Waals surface area contributed by atoms with E-state index in [0.717, 1.165) is 33.4 Å². The third-order valence-corrected chi connectivity index (χ3v) is 11.5. The van der Waals surface area contributed by atoms with Crippen LogP contribution in [0.4, 0.5) is 0 Å². The Morgan fingerprint density at radius 2 is 0.609 bits per heavy atom. The zero-order valence-corrected chi connectivity index (χ0v) is 36.2. The molecule has 0 bridgehead atoms. The van der Waals surface area contributed by atoms with E-state index < -0.39 is 80.8 Å². The van der Waals surface area contributed by atoms with Gasteiger partial charge in [-0.15, -0.1) is 26.3 Å². The molecule has 0 amide bonds. The molecule has 8 heteroatoms. The van der Waals surface area contributed by atoms with Crippen molar-refractivity contribution in [1.82, 2.24) is 0 Å². The minimum absolute atomic E-state index is 0.0936. The quantitative estimate of drug-likeness (QED) is 0.145. The fourth-order valence-electron chi connectivity index (χ4n) is 7.77. The Bertz CT molecular complexity index is 2200. The number of hydrogen-bond acceptors (Lipinski definition) is 8. The Hall–Kier alpha value is -7.58. The molecule has 0 heterocycles. The topological polar surface area (TPSA) is 137 Å². The fraction of sp³-hybridized carbons (Fsp3) is 0.179. The van der Waals surface area contributed by atoms with E-state index in [2.05, 4.69) is 65.8 Å². The minimum atomic E-state index is -2.03. The third-order valence-electron chi connectivity index (χ3n) is 11.5. The first-order valence-electron chi connectivity index (χ1n) is 20.5. The van der Waals surface area contributed by atoms with Crippen molar-refractivity contribution >= 4 is 82.7 Å². The van der Waals surface area contributed by atoms with Gasteiger partial charge in [0.1, 0.15) is 0 Å². The van der Waals surface area contributed by atoms with Gasteiger partial charge in [0.05, 0.1) is 0 Å². The molecule has 0 aliphatic heterocycles. The average molecular weight is 855 g/mol. The molecule has 4 fully saturated rings. The second-order valence-electron chi connectivity index (χ2n) is 15.0. The molecule has 4 aliphatic carbocycles. The molecule has 0 aromatic heterocycles. The van der Waals surface area contributed by atoms with Crippen LogP contribution in [0.5, 0.6) is 0 Å². The lowest BCUT2D eigenvalue weighted by molar-refractivity contribution is -0.151. The maximum Gasteiger partial charge on any atom is 0.204 e. The zero-order valence-electron chi connectivity index (χ0n) is 36.2. The second kappa shape index (κ2) is 23.0. The molecule has 0 N–H and O–H groups in total. The van der Waals surface area contributed by atoms with Gasteiger partial charge in [0.2, 0.25) is 10.8 Å². The van der Waals surface area contributed by atoms with Crippen molar-refractivity contribution in [2.24, 2.45) is 34.5 Å². The van der Waals surface area contributed by atoms with Gasteiger partial charge in [-0.3, -0.25) is 38.4 Å². The van der Waals surface area contributed by atoms with Gasteiger partial charge < -0.3 is 0 Å². The Labute approximate surface area is 376 Å². The molecule has 3 aromatic carbocycles. The monoisotopic (exact) mass is 854 g/mol. The van der Waals surface area contributed by atoms with Crippen molar-refractivity contribution in [2.45, 2.75) is 25.7 Å². The van der Waals surface area contributed by atoms with Crippen LogP contribution in [0.3, 0.4) is 0 Å². The van der Waals surface area contributed by atoms with Crippen LogP contribution in [0.25, 0.3) is 36.5 Å². The van der Waals surface area contributed by atoms with Crippen molar-refractivity contribution in [2.75, 3.05) is 0 Å². The van der Waals surface area contributed by atoms with Crippen LogP contribution in [-0.2, 0) is 38.4 Å². The molecule has 3 aromatic rings. The zero-order chi connectivity index (χ0) is 47.8. The maximum atomic E-state index is 12.1. The van der Waals surface area contributed by atoms with E-state index in [1.165, 1.54) is 24.3 Å². The van der Waals surface area contributed by atoms with E-state index in [4.69, 9.17) is 0 Å². The summed E-state index contributed by atoms with van der Waals surface area (Å²) in [7, 11) is 0. The molecule has 0 saturated heterocycles. The minimum Gasteiger partial charge on any atom is -0.298 e. The molecule has 4 atom stereocenters. The van der Waals surface area contributed by atoms with Crippen LogP contribution in [-0.4, -0.2) is 46.3 Å². The molecule has 4 aliphatic rings. The summed E-state index contributed by atoms with van der Waals surface area (Å²) in [5, 5.41) is 0. The van der Waals surface area contributed by atoms with Crippen LogP contribution >= 0.6 is 0 Å². The summed E-state index contributed by atoms with van der Waals surface area (Å²) in [6.07, 6.45) is 15.9. The van der Waals surface area contributed by atoms with Gasteiger partial charge in [0, 0.05) is 49.4 Å². The van der Waals surface area contributed by atoms with Gasteiger partial charge in [-0.05, 0) is 39.4 Å². The van der Waals surface area contributed by atoms with Gasteiger partial charge >= 0.3 is 0 Å². The molecule has 2 spiro atoms. The van der Waals surface area contributed by atoms with E-state index in [1.54, 1.807) is 0 Å². The standard InChI is InChI=1S/2C13H12O4.3C10H10/c2*1-3-7-5-9(14)13(11(7)16)10(15)6-8(4-2)12(13)17;1-3-9-5-7-10(4-2)8-6-9;1-3-9-6-5-7-10(4-2)8-9;1-3-9-7-5-6-8-10(9)4-2/h2*3-4,7-8H,1-2,5-6H2;3*3-8H,1-2H2. The fourth-order valence-corrected chi connectivity index (χ4v) is 7.77. The summed E-state index contributed by atoms with van der Waals surface area (Å²) in [6, 6.07) is 24.2. The predicted molar refractivity (Wildman–Crippen MR) is 258 cm³/mol. The molecular weight excluding hydrogens is 801 g/mol. The maximum absolute atomic E-state index is 12.1. The van der Waals surface area contributed by atoms with Crippen molar-refractivity contribution < 1.29 is 38.4 Å². The first kappa shape index (κ1) is 50.8. The Morgan fingerprint density at radius 3 is 0.812 bits per heavy atom. The van der Waals surface area contributed by atoms with E-state index in [0.29, 0.717) is 0 Å². The SMILES string of the molecule is C=CC1CC(=O)C2(C(=O)CC(C=C)C2=O)C1=O.C=CC1CC(=O)C2(C(=O)CC(C=C)C2=O)C1=O.C=Cc1ccc(C=C)cc1.C=Cc1cccc(C=C)c1.C=Cc1ccccc1C=C. The number of ketones is 8. The summed E-state index contributed by atoms with van der Waals surface area (Å²) in [4.78, 5) is 96.0. The molecule has 4 unspecified atom stereocenters. The average Bonchev–Trinajstić information content (AvgIpc) is 3.96. The highest BCUT2D eigenvalue weighted by Gasteiger charge is 2.68. The molecule has 326 valence electrons. The predicted octanol–water partition coefficient (Wildman–Crippen LogP) is 10.2. The van der Waals surface area contributed by atoms with Gasteiger partial charge in [-0.2, -0.15) is 0 Å². The van der Waals surface area contributed by atoms with Crippen LogP contribution in [0.1, 0.15) is 59.1 Å². The Morgan fingerprint density at radius 1 is 0.344 bits per heavy atom. The molecule has 0 radical (unpaired) electrons. The lowest BCUT2D eigenvalue weighted by atomic mass is 9.79. The van der Waals surface area contributed by atoms with Gasteiger partial charge in [-0.25, -0.2) is 0 Å². The van der Waals surface area contributed by atoms with Gasteiger partial charge in [0.25, 0.3) is 0 Å². The smallest absolute Gasteiger partial charge is 0.204 e. The number of carbonyl (C=O) groups excluding carboxylic acids is 8. The Balaban J connectivity index is 0.000000218. The van der Waals surface area contributed by atoms with E-state index >= 15 is 0 Å². The van der Waals surface area contributed by atoms with Crippen LogP contribution in [0.2, 0.25) is 0 Å². The van der Waals surface area contributed by atoms with Crippen molar-refractivity contribution in [3.8, 4) is 0 Å². The number of benzene rings is 3. The first-order valence-corrected chi connectivity index (χ1v) is 20.5. The van der Waals surface area contributed by atoms with Crippen LogP contribution in [0, 0.1) is 34.5 Å². The number of carbonyl (C=O) groups is 8. The lowest BCUT2D eigenvalue weighted by Crippen LogP contribution is -2.44. The normalized spacial score (nSPS) is 23.8. The largest absolute Gasteiger partial charge is 0.298 e. The van der Waals surface area contributed by atoms with E-state index in [9.17, 15) is 38.4 Å². The van der Waals surface area contributed by atoms with Crippen molar-refractivity contribution in [1.29, 1.82) is 0 Å². The highest BCUT2D eigenvalue weighted by atomic mass is 16.2. The van der Waals surface area contributed by atoms with E-state index in [1.807, 2.05) is 109 Å². The number of rotatable bonds is 10. The third kappa shape index (κ3) is 10.2. The number of hydrogen-bond donors (Lipinski definition) is 0. The highest BCUT2D eigenvalue weighted by Crippen LogP contribution is 2.47. The summed E-state index contributed by atoms with van der Waals surface area (Å²) < 4.78 is 0. The lowest BCUT2D eigenvalue weighted by Gasteiger charge is -2.16. The highest BCUT2D eigenvalue weighted by molar-refractivity contribution is 6.46. The van der Waals surface area contributed by atoms with E-state index in [-0.39, 0.29) is 25.7 Å². The number of Topliss-reactive ketones (excluding diaryl/α,β-unsaturated/α-hetero) is 8. The molecule has 4 saturated carbocycles. The number of allylic oxidation sites excluding steroid dienone is 4. The van der Waals surface area contributed by atoms with Crippen molar-refractivity contribution in [3.63, 3.8) is 0 Å². The summed E-state index contributed by atoms with van der Waals surface area (Å²) in [5.74, 6) is -7.55. The van der Waals surface area contributed by atoms with Gasteiger partial charge in [0.15, 0.2) is 46.3 Å². The second-order valence-corrected chi connectivity index (χ2v) is 15.0. The molecule has 7 rings (SSSR count). The molecule has 8 nitrogen and oxygen atoms in total.